The van der Waals surface area contributed by atoms with E-state index < -0.39 is 0 Å². The second-order valence-electron chi connectivity index (χ2n) is 6.49. The summed E-state index contributed by atoms with van der Waals surface area (Å²) in [5, 5.41) is 0. The van der Waals surface area contributed by atoms with Crippen LogP contribution in [0.2, 0.25) is 0 Å². The molecule has 0 radical (unpaired) electrons. The van der Waals surface area contributed by atoms with Crippen molar-refractivity contribution in [2.75, 3.05) is 37.7 Å². The predicted octanol–water partition coefficient (Wildman–Crippen LogP) is 2.82. The van der Waals surface area contributed by atoms with Crippen LogP contribution in [0.5, 0.6) is 5.75 Å². The number of benzene rings is 2. The molecular weight excluding hydrogens is 326 g/mol. The van der Waals surface area contributed by atoms with Gasteiger partial charge in [-0.15, -0.1) is 0 Å². The summed E-state index contributed by atoms with van der Waals surface area (Å²) in [6, 6.07) is 17.6. The van der Waals surface area contributed by atoms with Crippen LogP contribution in [0.3, 0.4) is 0 Å². The molecule has 0 bridgehead atoms. The molecule has 26 heavy (non-hydrogen) atoms. The number of nitrogens with two attached hydrogens (primary N) is 1. The Morgan fingerprint density at radius 2 is 1.69 bits per heavy atom. The number of carbonyl (C=O) groups excluding carboxylic acids is 1. The number of amides is 1. The topological polar surface area (TPSA) is 58.8 Å². The van der Waals surface area contributed by atoms with Crippen molar-refractivity contribution in [2.45, 2.75) is 19.4 Å². The Balaban J connectivity index is 1.56. The van der Waals surface area contributed by atoms with Gasteiger partial charge in [0.15, 0.2) is 0 Å². The number of rotatable bonds is 6. The largest absolute Gasteiger partial charge is 0.492 e. The summed E-state index contributed by atoms with van der Waals surface area (Å²) in [7, 11) is 0. The molecule has 138 valence electrons. The van der Waals surface area contributed by atoms with Crippen LogP contribution >= 0.6 is 0 Å². The van der Waals surface area contributed by atoms with Crippen LogP contribution in [-0.4, -0.2) is 43.6 Å². The minimum absolute atomic E-state index is 0.124. The van der Waals surface area contributed by atoms with E-state index in [1.807, 2.05) is 60.4 Å². The lowest BCUT2D eigenvalue weighted by Gasteiger charge is -2.37. The molecule has 1 aliphatic rings. The van der Waals surface area contributed by atoms with Crippen molar-refractivity contribution in [3.63, 3.8) is 0 Å². The standard InChI is InChI=1S/C21H27N3O2/c1-2-26-20-11-7-6-10-19(20)23-12-14-24(15-13-23)21(25)16-18(22)17-8-4-3-5-9-17/h3-11,18H,2,12-16,22H2,1H3. The van der Waals surface area contributed by atoms with Gasteiger partial charge in [-0.25, -0.2) is 0 Å². The molecule has 2 aromatic carbocycles. The van der Waals surface area contributed by atoms with Gasteiger partial charge in [-0.05, 0) is 24.6 Å². The first-order valence-corrected chi connectivity index (χ1v) is 9.24. The number of hydrogen-bond donors (Lipinski definition) is 1. The van der Waals surface area contributed by atoms with Gasteiger partial charge in [0.25, 0.3) is 0 Å². The van der Waals surface area contributed by atoms with Crippen molar-refractivity contribution in [3.8, 4) is 5.75 Å². The van der Waals surface area contributed by atoms with Crippen LogP contribution in [-0.2, 0) is 4.79 Å². The first kappa shape index (κ1) is 18.3. The van der Waals surface area contributed by atoms with Crippen molar-refractivity contribution in [2.24, 2.45) is 5.73 Å². The smallest absolute Gasteiger partial charge is 0.224 e. The Morgan fingerprint density at radius 3 is 2.38 bits per heavy atom. The minimum atomic E-state index is -0.250. The number of carbonyl (C=O) groups is 1. The molecule has 1 amide bonds. The van der Waals surface area contributed by atoms with E-state index >= 15 is 0 Å². The Bertz CT molecular complexity index is 712. The number of ether oxygens (including phenoxy) is 1. The zero-order chi connectivity index (χ0) is 18.4. The fraction of sp³-hybridized carbons (Fsp3) is 0.381. The van der Waals surface area contributed by atoms with Crippen molar-refractivity contribution in [3.05, 3.63) is 60.2 Å². The molecule has 1 unspecified atom stereocenters. The highest BCUT2D eigenvalue weighted by Gasteiger charge is 2.24. The van der Waals surface area contributed by atoms with E-state index in [1.165, 1.54) is 0 Å². The Morgan fingerprint density at radius 1 is 1.04 bits per heavy atom. The Kier molecular flexibility index (Phi) is 6.12. The normalized spacial score (nSPS) is 15.6. The van der Waals surface area contributed by atoms with Crippen LogP contribution in [0, 0.1) is 0 Å². The maximum atomic E-state index is 12.6. The average molecular weight is 353 g/mol. The van der Waals surface area contributed by atoms with Gasteiger partial charge >= 0.3 is 0 Å². The van der Waals surface area contributed by atoms with Gasteiger partial charge in [-0.2, -0.15) is 0 Å². The molecule has 1 atom stereocenters. The van der Waals surface area contributed by atoms with Crippen molar-refractivity contribution < 1.29 is 9.53 Å². The summed E-state index contributed by atoms with van der Waals surface area (Å²) in [5.41, 5.74) is 8.30. The number of nitrogens with zero attached hydrogens (tertiary/aromatic N) is 2. The molecule has 3 rings (SSSR count). The minimum Gasteiger partial charge on any atom is -0.492 e. The summed E-state index contributed by atoms with van der Waals surface area (Å²) in [6.07, 6.45) is 0.347. The van der Waals surface area contributed by atoms with E-state index in [1.54, 1.807) is 0 Å². The van der Waals surface area contributed by atoms with Gasteiger partial charge in [0.2, 0.25) is 5.91 Å². The summed E-state index contributed by atoms with van der Waals surface area (Å²) >= 11 is 0. The highest BCUT2D eigenvalue weighted by atomic mass is 16.5. The fourth-order valence-electron chi connectivity index (χ4n) is 3.33. The third kappa shape index (κ3) is 4.35. The number of hydrogen-bond acceptors (Lipinski definition) is 4. The number of para-hydroxylation sites is 2. The lowest BCUT2D eigenvalue weighted by Crippen LogP contribution is -2.49. The average Bonchev–Trinajstić information content (AvgIpc) is 2.69. The Hall–Kier alpha value is -2.53. The molecule has 2 aromatic rings. The Labute approximate surface area is 155 Å². The van der Waals surface area contributed by atoms with Crippen LogP contribution in [0.1, 0.15) is 24.9 Å². The molecule has 0 aliphatic carbocycles. The van der Waals surface area contributed by atoms with E-state index in [9.17, 15) is 4.79 Å². The molecule has 5 nitrogen and oxygen atoms in total. The van der Waals surface area contributed by atoms with Gasteiger partial charge in [0.1, 0.15) is 5.75 Å². The van der Waals surface area contributed by atoms with E-state index in [-0.39, 0.29) is 11.9 Å². The predicted molar refractivity (Wildman–Crippen MR) is 104 cm³/mol. The van der Waals surface area contributed by atoms with E-state index in [0.29, 0.717) is 26.1 Å². The molecule has 5 heteroatoms. The van der Waals surface area contributed by atoms with Crippen molar-refractivity contribution in [1.29, 1.82) is 0 Å². The maximum Gasteiger partial charge on any atom is 0.224 e. The third-order valence-electron chi connectivity index (χ3n) is 4.76. The lowest BCUT2D eigenvalue weighted by molar-refractivity contribution is -0.131. The zero-order valence-corrected chi connectivity index (χ0v) is 15.3. The van der Waals surface area contributed by atoms with Crippen LogP contribution in [0.4, 0.5) is 5.69 Å². The van der Waals surface area contributed by atoms with Crippen LogP contribution in [0.25, 0.3) is 0 Å². The van der Waals surface area contributed by atoms with Crippen molar-refractivity contribution in [1.82, 2.24) is 4.90 Å². The quantitative estimate of drug-likeness (QED) is 0.868. The highest BCUT2D eigenvalue weighted by molar-refractivity contribution is 5.77. The number of anilines is 1. The zero-order valence-electron chi connectivity index (χ0n) is 15.3. The molecular formula is C21H27N3O2. The van der Waals surface area contributed by atoms with Gasteiger partial charge in [-0.1, -0.05) is 42.5 Å². The molecule has 0 aromatic heterocycles. The molecule has 0 spiro atoms. The van der Waals surface area contributed by atoms with Crippen LogP contribution in [0.15, 0.2) is 54.6 Å². The third-order valence-corrected chi connectivity index (χ3v) is 4.76. The maximum absolute atomic E-state index is 12.6. The number of piperazine rings is 1. The SMILES string of the molecule is CCOc1ccccc1N1CCN(C(=O)CC(N)c2ccccc2)CC1. The monoisotopic (exact) mass is 353 g/mol. The molecule has 1 heterocycles. The highest BCUT2D eigenvalue weighted by Crippen LogP contribution is 2.29. The molecule has 1 saturated heterocycles. The summed E-state index contributed by atoms with van der Waals surface area (Å²) in [5.74, 6) is 1.03. The van der Waals surface area contributed by atoms with E-state index in [2.05, 4.69) is 11.0 Å². The van der Waals surface area contributed by atoms with Crippen LogP contribution < -0.4 is 15.4 Å². The molecule has 2 N–H and O–H groups in total. The van der Waals surface area contributed by atoms with Gasteiger partial charge in [0, 0.05) is 38.6 Å². The first-order valence-electron chi connectivity index (χ1n) is 9.24. The molecule has 1 fully saturated rings. The molecule has 0 saturated carbocycles. The van der Waals surface area contributed by atoms with E-state index in [0.717, 1.165) is 30.1 Å². The fourth-order valence-corrected chi connectivity index (χ4v) is 3.33. The van der Waals surface area contributed by atoms with Crippen molar-refractivity contribution >= 4 is 11.6 Å². The lowest BCUT2D eigenvalue weighted by atomic mass is 10.0. The summed E-state index contributed by atoms with van der Waals surface area (Å²) in [4.78, 5) is 16.8. The molecule has 1 aliphatic heterocycles. The second kappa shape index (κ2) is 8.72. The summed E-state index contributed by atoms with van der Waals surface area (Å²) < 4.78 is 5.73. The second-order valence-corrected chi connectivity index (χ2v) is 6.49. The first-order chi connectivity index (χ1) is 12.7. The summed E-state index contributed by atoms with van der Waals surface area (Å²) in [6.45, 7) is 5.66. The van der Waals surface area contributed by atoms with Gasteiger partial charge in [-0.3, -0.25) is 4.79 Å². The van der Waals surface area contributed by atoms with E-state index in [4.69, 9.17) is 10.5 Å². The van der Waals surface area contributed by atoms with Gasteiger partial charge < -0.3 is 20.3 Å². The van der Waals surface area contributed by atoms with Gasteiger partial charge in [0.05, 0.1) is 12.3 Å².